The number of aryl methyl sites for hydroxylation is 1. The lowest BCUT2D eigenvalue weighted by atomic mass is 10.0. The Kier molecular flexibility index (Phi) is 4.54. The molecule has 1 aliphatic rings. The van der Waals surface area contributed by atoms with E-state index in [1.165, 1.54) is 0 Å². The second-order valence-electron chi connectivity index (χ2n) is 6.51. The highest BCUT2D eigenvalue weighted by molar-refractivity contribution is 5.98. The summed E-state index contributed by atoms with van der Waals surface area (Å²) in [5.74, 6) is 0.0293. The smallest absolute Gasteiger partial charge is 0.256 e. The molecule has 3 aromatic rings. The first-order chi connectivity index (χ1) is 12.7. The molecule has 4 rings (SSSR count). The summed E-state index contributed by atoms with van der Waals surface area (Å²) in [4.78, 5) is 19.3. The van der Waals surface area contributed by atoms with Crippen molar-refractivity contribution in [1.29, 1.82) is 0 Å². The molecular weight excluding hydrogens is 326 g/mol. The minimum absolute atomic E-state index is 0.0293. The second-order valence-corrected chi connectivity index (χ2v) is 6.51. The third-order valence-electron chi connectivity index (χ3n) is 4.69. The van der Waals surface area contributed by atoms with E-state index in [9.17, 15) is 4.79 Å². The molecule has 5 heteroatoms. The van der Waals surface area contributed by atoms with Gasteiger partial charge in [0.25, 0.3) is 5.91 Å². The average molecular weight is 347 g/mol. The fourth-order valence-corrected chi connectivity index (χ4v) is 3.32. The fraction of sp³-hybridized carbons (Fsp3) is 0.238. The number of benzene rings is 2. The van der Waals surface area contributed by atoms with Crippen molar-refractivity contribution in [3.05, 3.63) is 83.9 Å². The maximum Gasteiger partial charge on any atom is 0.256 e. The lowest BCUT2D eigenvalue weighted by Crippen LogP contribution is -2.42. The van der Waals surface area contributed by atoms with Crippen molar-refractivity contribution in [2.45, 2.75) is 13.0 Å². The molecular formula is C21H21N3O2. The largest absolute Gasteiger partial charge is 0.370 e. The minimum atomic E-state index is -0.0876. The zero-order valence-electron chi connectivity index (χ0n) is 14.7. The Hall–Kier alpha value is -2.92. The Morgan fingerprint density at radius 2 is 2.04 bits per heavy atom. The van der Waals surface area contributed by atoms with Crippen LogP contribution in [0.4, 0.5) is 0 Å². The molecule has 1 saturated heterocycles. The Balaban J connectivity index is 1.62. The third kappa shape index (κ3) is 3.26. The number of imidazole rings is 1. The maximum absolute atomic E-state index is 13.3. The molecule has 0 saturated carbocycles. The monoisotopic (exact) mass is 347 g/mol. The van der Waals surface area contributed by atoms with Crippen LogP contribution in [0.25, 0.3) is 5.69 Å². The van der Waals surface area contributed by atoms with Crippen LogP contribution in [0.15, 0.2) is 67.3 Å². The van der Waals surface area contributed by atoms with Gasteiger partial charge in [0.05, 0.1) is 30.7 Å². The van der Waals surface area contributed by atoms with Crippen LogP contribution in [-0.4, -0.2) is 40.1 Å². The van der Waals surface area contributed by atoms with E-state index >= 15 is 0 Å². The topological polar surface area (TPSA) is 47.4 Å². The highest BCUT2D eigenvalue weighted by Crippen LogP contribution is 2.25. The zero-order valence-corrected chi connectivity index (χ0v) is 14.7. The second kappa shape index (κ2) is 7.14. The molecule has 132 valence electrons. The normalized spacial score (nSPS) is 17.3. The molecule has 26 heavy (non-hydrogen) atoms. The summed E-state index contributed by atoms with van der Waals surface area (Å²) in [7, 11) is 0. The zero-order chi connectivity index (χ0) is 17.9. The van der Waals surface area contributed by atoms with Gasteiger partial charge >= 0.3 is 0 Å². The Morgan fingerprint density at radius 3 is 2.81 bits per heavy atom. The number of morpholine rings is 1. The molecule has 2 aromatic carbocycles. The molecule has 0 N–H and O–H groups in total. The fourth-order valence-electron chi connectivity index (χ4n) is 3.32. The average Bonchev–Trinajstić information content (AvgIpc) is 3.23. The number of rotatable bonds is 3. The van der Waals surface area contributed by atoms with E-state index in [0.29, 0.717) is 25.3 Å². The molecule has 1 atom stereocenters. The summed E-state index contributed by atoms with van der Waals surface area (Å²) in [6.45, 7) is 3.69. The van der Waals surface area contributed by atoms with E-state index in [1.807, 2.05) is 71.1 Å². The summed E-state index contributed by atoms with van der Waals surface area (Å²) in [6.07, 6.45) is 5.20. The molecule has 1 fully saturated rings. The summed E-state index contributed by atoms with van der Waals surface area (Å²) in [6, 6.07) is 16.0. The van der Waals surface area contributed by atoms with Crippen molar-refractivity contribution < 1.29 is 9.53 Å². The summed E-state index contributed by atoms with van der Waals surface area (Å²) in [5.41, 5.74) is 3.70. The van der Waals surface area contributed by atoms with Crippen LogP contribution >= 0.6 is 0 Å². The van der Waals surface area contributed by atoms with E-state index in [-0.39, 0.29) is 12.0 Å². The molecule has 0 bridgehead atoms. The molecule has 5 nitrogen and oxygen atoms in total. The van der Waals surface area contributed by atoms with E-state index in [0.717, 1.165) is 16.8 Å². The van der Waals surface area contributed by atoms with E-state index in [1.54, 1.807) is 12.5 Å². The van der Waals surface area contributed by atoms with Crippen LogP contribution in [0.2, 0.25) is 0 Å². The van der Waals surface area contributed by atoms with Crippen LogP contribution in [0.5, 0.6) is 0 Å². The predicted molar refractivity (Wildman–Crippen MR) is 99.3 cm³/mol. The molecule has 1 aliphatic heterocycles. The van der Waals surface area contributed by atoms with Crippen molar-refractivity contribution >= 4 is 5.91 Å². The SMILES string of the molecule is Cc1ccc(-n2ccnc2)c(C(=O)N2CCOC(c3ccccc3)C2)c1. The van der Waals surface area contributed by atoms with Crippen molar-refractivity contribution in [1.82, 2.24) is 14.5 Å². The number of ether oxygens (including phenoxy) is 1. The molecule has 2 heterocycles. The summed E-state index contributed by atoms with van der Waals surface area (Å²) >= 11 is 0. The number of nitrogens with zero attached hydrogens (tertiary/aromatic N) is 3. The van der Waals surface area contributed by atoms with Crippen LogP contribution in [0.3, 0.4) is 0 Å². The van der Waals surface area contributed by atoms with Crippen molar-refractivity contribution in [2.24, 2.45) is 0 Å². The lowest BCUT2D eigenvalue weighted by Gasteiger charge is -2.33. The highest BCUT2D eigenvalue weighted by atomic mass is 16.5. The van der Waals surface area contributed by atoms with Gasteiger partial charge in [0.2, 0.25) is 0 Å². The first-order valence-electron chi connectivity index (χ1n) is 8.77. The van der Waals surface area contributed by atoms with Gasteiger partial charge in [-0.3, -0.25) is 4.79 Å². The van der Waals surface area contributed by atoms with Crippen LogP contribution in [-0.2, 0) is 4.74 Å². The number of aromatic nitrogens is 2. The lowest BCUT2D eigenvalue weighted by molar-refractivity contribution is -0.0228. The van der Waals surface area contributed by atoms with Crippen molar-refractivity contribution in [3.63, 3.8) is 0 Å². The van der Waals surface area contributed by atoms with Gasteiger partial charge in [0.15, 0.2) is 0 Å². The first kappa shape index (κ1) is 16.5. The van der Waals surface area contributed by atoms with Gasteiger partial charge in [-0.25, -0.2) is 4.98 Å². The van der Waals surface area contributed by atoms with Crippen LogP contribution in [0.1, 0.15) is 27.6 Å². The molecule has 0 radical (unpaired) electrons. The van der Waals surface area contributed by atoms with Gasteiger partial charge in [-0.1, -0.05) is 42.0 Å². The number of carbonyl (C=O) groups is 1. The van der Waals surface area contributed by atoms with Gasteiger partial charge in [-0.15, -0.1) is 0 Å². The van der Waals surface area contributed by atoms with Crippen molar-refractivity contribution in [3.8, 4) is 5.69 Å². The summed E-state index contributed by atoms with van der Waals surface area (Å²) in [5, 5.41) is 0. The first-order valence-corrected chi connectivity index (χ1v) is 8.77. The number of hydrogen-bond acceptors (Lipinski definition) is 3. The van der Waals surface area contributed by atoms with E-state index in [4.69, 9.17) is 4.74 Å². The van der Waals surface area contributed by atoms with Crippen LogP contribution in [0, 0.1) is 6.92 Å². The maximum atomic E-state index is 13.3. The standard InChI is InChI=1S/C21H21N3O2/c1-16-7-8-19(24-10-9-22-15-24)18(13-16)21(25)23-11-12-26-20(14-23)17-5-3-2-4-6-17/h2-10,13,15,20H,11-12,14H2,1H3. The van der Waals surface area contributed by atoms with Crippen LogP contribution < -0.4 is 0 Å². The predicted octanol–water partition coefficient (Wildman–Crippen LogP) is 3.39. The molecule has 0 aliphatic carbocycles. The quantitative estimate of drug-likeness (QED) is 0.730. The van der Waals surface area contributed by atoms with E-state index in [2.05, 4.69) is 4.98 Å². The molecule has 1 amide bonds. The Morgan fingerprint density at radius 1 is 1.19 bits per heavy atom. The van der Waals surface area contributed by atoms with Gasteiger partial charge in [0, 0.05) is 18.9 Å². The Labute approximate surface area is 152 Å². The minimum Gasteiger partial charge on any atom is -0.370 e. The van der Waals surface area contributed by atoms with Gasteiger partial charge in [-0.05, 0) is 24.6 Å². The van der Waals surface area contributed by atoms with Gasteiger partial charge < -0.3 is 14.2 Å². The highest BCUT2D eigenvalue weighted by Gasteiger charge is 2.27. The van der Waals surface area contributed by atoms with Crippen molar-refractivity contribution in [2.75, 3.05) is 19.7 Å². The van der Waals surface area contributed by atoms with Gasteiger partial charge in [0.1, 0.15) is 6.10 Å². The molecule has 1 unspecified atom stereocenters. The number of carbonyl (C=O) groups excluding carboxylic acids is 1. The molecule has 0 spiro atoms. The summed E-state index contributed by atoms with van der Waals surface area (Å²) < 4.78 is 7.77. The number of hydrogen-bond donors (Lipinski definition) is 0. The Bertz CT molecular complexity index is 891. The van der Waals surface area contributed by atoms with Gasteiger partial charge in [-0.2, -0.15) is 0 Å². The third-order valence-corrected chi connectivity index (χ3v) is 4.69. The molecule has 1 aromatic heterocycles. The number of amides is 1. The van der Waals surface area contributed by atoms with E-state index < -0.39 is 0 Å².